The first-order chi connectivity index (χ1) is 15.3. The molecule has 0 bridgehead atoms. The summed E-state index contributed by atoms with van der Waals surface area (Å²) in [5, 5.41) is -1.29. The molecule has 3 atom stereocenters. The molecule has 0 spiro atoms. The van der Waals surface area contributed by atoms with E-state index in [2.05, 4.69) is 0 Å². The largest absolute Gasteiger partial charge is 0.419 e. The Morgan fingerprint density at radius 2 is 1.19 bits per heavy atom. The number of rotatable bonds is 7. The summed E-state index contributed by atoms with van der Waals surface area (Å²) in [6, 6.07) is 15.8. The van der Waals surface area contributed by atoms with E-state index in [0.717, 1.165) is 0 Å². The van der Waals surface area contributed by atoms with Crippen LogP contribution in [0.1, 0.15) is 23.0 Å². The van der Waals surface area contributed by atoms with E-state index in [-0.39, 0.29) is 5.56 Å². The maximum atomic E-state index is 14.1. The van der Waals surface area contributed by atoms with Gasteiger partial charge in [0.25, 0.3) is 0 Å². The highest BCUT2D eigenvalue weighted by Crippen LogP contribution is 2.39. The van der Waals surface area contributed by atoms with E-state index >= 15 is 0 Å². The third kappa shape index (κ3) is 4.50. The highest BCUT2D eigenvalue weighted by molar-refractivity contribution is 6.28. The number of carbonyl (C=O) groups is 2. The van der Waals surface area contributed by atoms with Crippen molar-refractivity contribution in [3.63, 3.8) is 0 Å². The Morgan fingerprint density at radius 3 is 1.66 bits per heavy atom. The van der Waals surface area contributed by atoms with Crippen molar-refractivity contribution in [3.05, 3.63) is 101 Å². The summed E-state index contributed by atoms with van der Waals surface area (Å²) < 4.78 is 73.4. The number of hydrogen-bond acceptors (Lipinski definition) is 3. The van der Waals surface area contributed by atoms with Gasteiger partial charge in [-0.05, 0) is 11.1 Å². The van der Waals surface area contributed by atoms with Crippen molar-refractivity contribution in [2.75, 3.05) is 0 Å². The summed E-state index contributed by atoms with van der Waals surface area (Å²) in [4.78, 5) is 24.6. The number of hydrogen-bond donors (Lipinski definition) is 0. The van der Waals surface area contributed by atoms with Crippen LogP contribution in [0.4, 0.5) is 22.0 Å². The molecule has 0 N–H and O–H groups in total. The van der Waals surface area contributed by atoms with Gasteiger partial charge in [-0.15, -0.1) is 11.6 Å². The molecular formula is C23H14ClF5O3. The van der Waals surface area contributed by atoms with E-state index in [1.165, 1.54) is 12.1 Å². The summed E-state index contributed by atoms with van der Waals surface area (Å²) in [7, 11) is 0. The number of esters is 1. The molecule has 9 heteroatoms. The van der Waals surface area contributed by atoms with Crippen molar-refractivity contribution in [1.82, 2.24) is 0 Å². The highest BCUT2D eigenvalue weighted by Gasteiger charge is 2.39. The number of ether oxygens (including phenoxy) is 1. The lowest BCUT2D eigenvalue weighted by Crippen LogP contribution is -2.31. The molecule has 3 nitrogen and oxygen atoms in total. The molecule has 0 heterocycles. The molecule has 3 aromatic carbocycles. The third-order valence-corrected chi connectivity index (χ3v) is 5.18. The van der Waals surface area contributed by atoms with Crippen LogP contribution in [0.15, 0.2) is 60.7 Å². The molecule has 0 amide bonds. The third-order valence-electron chi connectivity index (χ3n) is 4.80. The molecule has 0 aliphatic rings. The second kappa shape index (κ2) is 9.91. The van der Waals surface area contributed by atoms with Gasteiger partial charge in [0.15, 0.2) is 0 Å². The quantitative estimate of drug-likeness (QED) is 0.0854. The van der Waals surface area contributed by atoms with Crippen molar-refractivity contribution in [1.29, 1.82) is 0 Å². The van der Waals surface area contributed by atoms with Crippen molar-refractivity contribution >= 4 is 23.9 Å². The van der Waals surface area contributed by atoms with Gasteiger partial charge in [-0.25, -0.2) is 13.2 Å². The van der Waals surface area contributed by atoms with Gasteiger partial charge >= 0.3 is 5.97 Å². The molecule has 0 saturated heterocycles. The van der Waals surface area contributed by atoms with Gasteiger partial charge in [-0.3, -0.25) is 4.79 Å². The SMILES string of the molecule is O=C[C@@H](Cl)[C@H](c1ccccc1)[C@@H](C(=O)Oc1c(F)c(F)c(F)c(F)c1F)c1ccccc1. The molecule has 0 aromatic heterocycles. The smallest absolute Gasteiger partial charge is 0.319 e. The highest BCUT2D eigenvalue weighted by atomic mass is 35.5. The average molecular weight is 469 g/mol. The van der Waals surface area contributed by atoms with Gasteiger partial charge < -0.3 is 9.53 Å². The summed E-state index contributed by atoms with van der Waals surface area (Å²) in [6.07, 6.45) is 0.376. The van der Waals surface area contributed by atoms with Crippen molar-refractivity contribution in [2.24, 2.45) is 0 Å². The van der Waals surface area contributed by atoms with E-state index in [1.54, 1.807) is 48.5 Å². The Morgan fingerprint density at radius 1 is 0.750 bits per heavy atom. The molecule has 0 saturated carbocycles. The van der Waals surface area contributed by atoms with Crippen molar-refractivity contribution in [2.45, 2.75) is 17.2 Å². The molecule has 166 valence electrons. The van der Waals surface area contributed by atoms with Crippen LogP contribution in [0.5, 0.6) is 5.75 Å². The average Bonchev–Trinajstić information content (AvgIpc) is 2.83. The lowest BCUT2D eigenvalue weighted by atomic mass is 9.79. The van der Waals surface area contributed by atoms with E-state index < -0.39 is 58.0 Å². The van der Waals surface area contributed by atoms with Gasteiger partial charge in [0, 0.05) is 5.92 Å². The van der Waals surface area contributed by atoms with Crippen LogP contribution in [0, 0.1) is 29.1 Å². The number of halogens is 6. The molecule has 0 radical (unpaired) electrons. The Balaban J connectivity index is 2.14. The maximum absolute atomic E-state index is 14.1. The maximum Gasteiger partial charge on any atom is 0.319 e. The van der Waals surface area contributed by atoms with Crippen LogP contribution in [-0.4, -0.2) is 17.6 Å². The number of aldehydes is 1. The van der Waals surface area contributed by atoms with Crippen LogP contribution in [0.25, 0.3) is 0 Å². The van der Waals surface area contributed by atoms with Crippen molar-refractivity contribution in [3.8, 4) is 5.75 Å². The second-order valence-corrected chi connectivity index (χ2v) is 7.23. The molecule has 3 aromatic rings. The zero-order chi connectivity index (χ0) is 23.4. The predicted octanol–water partition coefficient (Wildman–Crippen LogP) is 5.66. The minimum atomic E-state index is -2.39. The van der Waals surface area contributed by atoms with Crippen LogP contribution >= 0.6 is 11.6 Å². The fourth-order valence-electron chi connectivity index (χ4n) is 3.31. The Hall–Kier alpha value is -3.26. The van der Waals surface area contributed by atoms with E-state index in [1.807, 2.05) is 0 Å². The van der Waals surface area contributed by atoms with Crippen LogP contribution in [-0.2, 0) is 9.59 Å². The van der Waals surface area contributed by atoms with Crippen LogP contribution in [0.3, 0.4) is 0 Å². The molecule has 0 fully saturated rings. The van der Waals surface area contributed by atoms with Gasteiger partial charge in [-0.2, -0.15) is 8.78 Å². The molecule has 0 aliphatic heterocycles. The fraction of sp³-hybridized carbons (Fsp3) is 0.130. The minimum Gasteiger partial charge on any atom is -0.419 e. The summed E-state index contributed by atoms with van der Waals surface area (Å²) in [5.74, 6) is -17.1. The van der Waals surface area contributed by atoms with Gasteiger partial charge in [0.2, 0.25) is 34.8 Å². The molecule has 32 heavy (non-hydrogen) atoms. The Bertz CT molecular complexity index is 1100. The van der Waals surface area contributed by atoms with Crippen LogP contribution in [0.2, 0.25) is 0 Å². The Kier molecular flexibility index (Phi) is 7.25. The molecular weight excluding hydrogens is 455 g/mol. The first-order valence-electron chi connectivity index (χ1n) is 9.20. The fourth-order valence-corrected chi connectivity index (χ4v) is 3.60. The normalized spacial score (nSPS) is 13.8. The number of carbonyl (C=O) groups excluding carboxylic acids is 2. The standard InChI is InChI=1S/C23H14ClF5O3/c24-14(11-30)15(12-7-3-1-4-8-12)16(13-9-5-2-6-10-13)23(31)32-22-20(28)18(26)17(25)19(27)21(22)29/h1-11,14-16H/t14-,15+,16+/m1/s1. The topological polar surface area (TPSA) is 43.4 Å². The lowest BCUT2D eigenvalue weighted by Gasteiger charge is -2.28. The van der Waals surface area contributed by atoms with E-state index in [4.69, 9.17) is 16.3 Å². The van der Waals surface area contributed by atoms with Gasteiger partial charge in [-0.1, -0.05) is 60.7 Å². The number of alkyl halides is 1. The second-order valence-electron chi connectivity index (χ2n) is 6.73. The summed E-state index contributed by atoms with van der Waals surface area (Å²) >= 11 is 6.20. The molecule has 0 unspecified atom stereocenters. The first-order valence-corrected chi connectivity index (χ1v) is 9.64. The van der Waals surface area contributed by atoms with Gasteiger partial charge in [0.1, 0.15) is 6.29 Å². The minimum absolute atomic E-state index is 0.253. The van der Waals surface area contributed by atoms with Crippen molar-refractivity contribution < 1.29 is 36.3 Å². The Labute approximate surface area is 184 Å². The molecule has 3 rings (SSSR count). The zero-order valence-corrected chi connectivity index (χ0v) is 16.8. The van der Waals surface area contributed by atoms with Gasteiger partial charge in [0.05, 0.1) is 11.3 Å². The van der Waals surface area contributed by atoms with E-state index in [0.29, 0.717) is 11.8 Å². The van der Waals surface area contributed by atoms with Crippen LogP contribution < -0.4 is 4.74 Å². The lowest BCUT2D eigenvalue weighted by molar-refractivity contribution is -0.137. The van der Waals surface area contributed by atoms with E-state index in [9.17, 15) is 31.5 Å². The monoisotopic (exact) mass is 468 g/mol. The molecule has 0 aliphatic carbocycles. The summed E-state index contributed by atoms with van der Waals surface area (Å²) in [6.45, 7) is 0. The zero-order valence-electron chi connectivity index (χ0n) is 16.1. The predicted molar refractivity (Wildman–Crippen MR) is 106 cm³/mol. The number of benzene rings is 3. The summed E-state index contributed by atoms with van der Waals surface area (Å²) in [5.41, 5.74) is 0.672. The first kappa shape index (κ1) is 23.4.